The Hall–Kier alpha value is -2.22. The highest BCUT2D eigenvalue weighted by Crippen LogP contribution is 2.38. The normalized spacial score (nSPS) is 12.9. The van der Waals surface area contributed by atoms with Crippen LogP contribution >= 0.6 is 19.2 Å². The molecular formula is C18H19ClN3O5P. The summed E-state index contributed by atoms with van der Waals surface area (Å²) < 4.78 is 18.1. The first-order chi connectivity index (χ1) is 13.2. The van der Waals surface area contributed by atoms with Crippen molar-refractivity contribution in [2.75, 3.05) is 0 Å². The summed E-state index contributed by atoms with van der Waals surface area (Å²) in [5.41, 5.74) is 7.73. The zero-order valence-electron chi connectivity index (χ0n) is 14.7. The van der Waals surface area contributed by atoms with Crippen LogP contribution in [-0.2, 0) is 33.4 Å². The first kappa shape index (κ1) is 20.5. The number of carbonyl (C=O) groups is 1. The van der Waals surface area contributed by atoms with Crippen LogP contribution < -0.4 is 5.73 Å². The van der Waals surface area contributed by atoms with E-state index in [9.17, 15) is 19.1 Å². The number of nitrogens with two attached hydrogens (primary N) is 1. The zero-order valence-corrected chi connectivity index (χ0v) is 16.4. The summed E-state index contributed by atoms with van der Waals surface area (Å²) in [7, 11) is -4.38. The molecule has 8 nitrogen and oxygen atoms in total. The number of nitrogens with zero attached hydrogens (tertiary/aromatic N) is 2. The standard InChI is InChI=1S/C18H19ClN3O5P/c19-13-6-7-16-15(8-13)21-17(22(16)11-28(24,25)26)9-14(20)18(23)27-10-12-4-2-1-3-5-12/h1-8,14H,9-11,20H2,(H2,24,25,26)/t14-/m1/s1. The molecule has 0 unspecified atom stereocenters. The minimum Gasteiger partial charge on any atom is -0.460 e. The van der Waals surface area contributed by atoms with Gasteiger partial charge in [0.1, 0.15) is 24.8 Å². The van der Waals surface area contributed by atoms with E-state index in [0.29, 0.717) is 16.1 Å². The van der Waals surface area contributed by atoms with Crippen LogP contribution in [0, 0.1) is 0 Å². The van der Waals surface area contributed by atoms with Crippen molar-refractivity contribution in [3.8, 4) is 0 Å². The van der Waals surface area contributed by atoms with Crippen LogP contribution in [0.2, 0.25) is 5.02 Å². The molecule has 0 aliphatic heterocycles. The molecule has 1 atom stereocenters. The molecule has 0 saturated heterocycles. The van der Waals surface area contributed by atoms with Gasteiger partial charge in [0.05, 0.1) is 11.0 Å². The van der Waals surface area contributed by atoms with Crippen molar-refractivity contribution in [3.05, 3.63) is 64.9 Å². The SMILES string of the molecule is N[C@H](Cc1nc2cc(Cl)ccc2n1CP(=O)(O)O)C(=O)OCc1ccccc1. The number of carbonyl (C=O) groups excluding carboxylic acids is 1. The second-order valence-corrected chi connectivity index (χ2v) is 8.35. The molecule has 0 aliphatic rings. The van der Waals surface area contributed by atoms with Crippen LogP contribution in [0.25, 0.3) is 11.0 Å². The summed E-state index contributed by atoms with van der Waals surface area (Å²) >= 11 is 5.97. The van der Waals surface area contributed by atoms with Crippen molar-refractivity contribution in [1.82, 2.24) is 9.55 Å². The van der Waals surface area contributed by atoms with Crippen LogP contribution in [0.15, 0.2) is 48.5 Å². The lowest BCUT2D eigenvalue weighted by Crippen LogP contribution is -2.35. The minimum atomic E-state index is -4.38. The van der Waals surface area contributed by atoms with E-state index in [0.717, 1.165) is 5.56 Å². The lowest BCUT2D eigenvalue weighted by Gasteiger charge is -2.14. The van der Waals surface area contributed by atoms with E-state index in [2.05, 4.69) is 4.98 Å². The van der Waals surface area contributed by atoms with Gasteiger partial charge in [0.2, 0.25) is 0 Å². The monoisotopic (exact) mass is 423 g/mol. The second-order valence-electron chi connectivity index (χ2n) is 6.30. The van der Waals surface area contributed by atoms with Crippen LogP contribution in [0.1, 0.15) is 11.4 Å². The average molecular weight is 424 g/mol. The maximum atomic E-state index is 12.2. The number of hydrogen-bond donors (Lipinski definition) is 3. The summed E-state index contributed by atoms with van der Waals surface area (Å²) in [6, 6.07) is 12.9. The number of rotatable bonds is 7. The Labute approximate surface area is 166 Å². The highest BCUT2D eigenvalue weighted by Gasteiger charge is 2.24. The quantitative estimate of drug-likeness (QED) is 0.393. The lowest BCUT2D eigenvalue weighted by atomic mass is 10.2. The summed E-state index contributed by atoms with van der Waals surface area (Å²) in [6.45, 7) is 0.0852. The fourth-order valence-electron chi connectivity index (χ4n) is 2.77. The maximum Gasteiger partial charge on any atom is 0.345 e. The van der Waals surface area contributed by atoms with Crippen LogP contribution in [0.3, 0.4) is 0 Å². The molecule has 28 heavy (non-hydrogen) atoms. The van der Waals surface area contributed by atoms with Gasteiger partial charge in [-0.1, -0.05) is 41.9 Å². The summed E-state index contributed by atoms with van der Waals surface area (Å²) in [5.74, 6) is -0.360. The van der Waals surface area contributed by atoms with Crippen LogP contribution in [0.4, 0.5) is 0 Å². The predicted octanol–water partition coefficient (Wildman–Crippen LogP) is 2.44. The minimum absolute atomic E-state index is 0.0417. The Bertz CT molecular complexity index is 1030. The van der Waals surface area contributed by atoms with Crippen molar-refractivity contribution in [1.29, 1.82) is 0 Å². The first-order valence-electron chi connectivity index (χ1n) is 8.38. The van der Waals surface area contributed by atoms with Gasteiger partial charge in [0, 0.05) is 11.4 Å². The summed E-state index contributed by atoms with van der Waals surface area (Å²) in [6.07, 6.45) is -0.619. The summed E-state index contributed by atoms with van der Waals surface area (Å²) in [4.78, 5) is 35.4. The Balaban J connectivity index is 1.79. The van der Waals surface area contributed by atoms with E-state index < -0.39 is 25.9 Å². The van der Waals surface area contributed by atoms with E-state index in [-0.39, 0.29) is 18.9 Å². The molecule has 0 saturated carbocycles. The van der Waals surface area contributed by atoms with Gasteiger partial charge < -0.3 is 24.8 Å². The van der Waals surface area contributed by atoms with E-state index in [1.807, 2.05) is 30.3 Å². The molecule has 4 N–H and O–H groups in total. The molecule has 148 valence electrons. The van der Waals surface area contributed by atoms with Gasteiger partial charge in [-0.15, -0.1) is 0 Å². The molecular weight excluding hydrogens is 405 g/mol. The molecule has 0 spiro atoms. The lowest BCUT2D eigenvalue weighted by molar-refractivity contribution is -0.146. The molecule has 1 aromatic heterocycles. The number of ether oxygens (including phenoxy) is 1. The molecule has 0 bridgehead atoms. The number of fused-ring (bicyclic) bond motifs is 1. The van der Waals surface area contributed by atoms with Gasteiger partial charge in [-0.25, -0.2) is 4.98 Å². The molecule has 10 heteroatoms. The molecule has 0 aliphatic carbocycles. The fraction of sp³-hybridized carbons (Fsp3) is 0.222. The number of halogens is 1. The smallest absolute Gasteiger partial charge is 0.345 e. The van der Waals surface area contributed by atoms with Crippen LogP contribution in [-0.4, -0.2) is 31.3 Å². The van der Waals surface area contributed by atoms with Gasteiger partial charge in [0.25, 0.3) is 0 Å². The fourth-order valence-corrected chi connectivity index (χ4v) is 3.62. The van der Waals surface area contributed by atoms with Crippen molar-refractivity contribution < 1.29 is 23.9 Å². The third-order valence-electron chi connectivity index (χ3n) is 4.04. The molecule has 3 aromatic rings. The van der Waals surface area contributed by atoms with Gasteiger partial charge in [-0.3, -0.25) is 9.36 Å². The van der Waals surface area contributed by atoms with Crippen molar-refractivity contribution in [3.63, 3.8) is 0 Å². The van der Waals surface area contributed by atoms with E-state index >= 15 is 0 Å². The molecule has 3 rings (SSSR count). The number of benzene rings is 2. The largest absolute Gasteiger partial charge is 0.460 e. The maximum absolute atomic E-state index is 12.2. The average Bonchev–Trinajstić information content (AvgIpc) is 2.95. The molecule has 1 heterocycles. The highest BCUT2D eigenvalue weighted by atomic mass is 35.5. The second kappa shape index (κ2) is 8.43. The van der Waals surface area contributed by atoms with Gasteiger partial charge in [-0.2, -0.15) is 0 Å². The number of esters is 1. The van der Waals surface area contributed by atoms with E-state index in [1.165, 1.54) is 4.57 Å². The number of aromatic nitrogens is 2. The Kier molecular flexibility index (Phi) is 6.17. The van der Waals surface area contributed by atoms with Crippen molar-refractivity contribution >= 4 is 36.2 Å². The third kappa shape index (κ3) is 5.19. The topological polar surface area (TPSA) is 128 Å². The van der Waals surface area contributed by atoms with E-state index in [4.69, 9.17) is 22.1 Å². The molecule has 0 fully saturated rings. The summed E-state index contributed by atoms with van der Waals surface area (Å²) in [5, 5.41) is 0.437. The zero-order chi connectivity index (χ0) is 20.3. The van der Waals surface area contributed by atoms with Gasteiger partial charge >= 0.3 is 13.6 Å². The van der Waals surface area contributed by atoms with E-state index in [1.54, 1.807) is 18.2 Å². The molecule has 0 amide bonds. The predicted molar refractivity (Wildman–Crippen MR) is 105 cm³/mol. The number of hydrogen-bond acceptors (Lipinski definition) is 5. The van der Waals surface area contributed by atoms with Gasteiger partial charge in [-0.05, 0) is 23.8 Å². The Morgan fingerprint density at radius 2 is 1.96 bits per heavy atom. The molecule has 0 radical (unpaired) electrons. The van der Waals surface area contributed by atoms with Crippen molar-refractivity contribution in [2.24, 2.45) is 5.73 Å². The third-order valence-corrected chi connectivity index (χ3v) is 4.93. The Morgan fingerprint density at radius 1 is 1.25 bits per heavy atom. The Morgan fingerprint density at radius 3 is 2.64 bits per heavy atom. The van der Waals surface area contributed by atoms with Crippen LogP contribution in [0.5, 0.6) is 0 Å². The number of imidazole rings is 1. The van der Waals surface area contributed by atoms with Crippen molar-refractivity contribution in [2.45, 2.75) is 25.4 Å². The first-order valence-corrected chi connectivity index (χ1v) is 10.6. The van der Waals surface area contributed by atoms with Gasteiger partial charge in [0.15, 0.2) is 0 Å². The highest BCUT2D eigenvalue weighted by molar-refractivity contribution is 7.50. The molecule has 2 aromatic carbocycles.